The molecule has 8 nitrogen and oxygen atoms in total. The van der Waals surface area contributed by atoms with Gasteiger partial charge in [0.25, 0.3) is 0 Å². The molecule has 0 radical (unpaired) electrons. The number of hydrogen-bond donors (Lipinski definition) is 1. The van der Waals surface area contributed by atoms with E-state index < -0.39 is 0 Å². The molecule has 1 N–H and O–H groups in total. The van der Waals surface area contributed by atoms with Crippen molar-refractivity contribution < 1.29 is 14.3 Å². The fourth-order valence-corrected chi connectivity index (χ4v) is 4.44. The molecule has 1 aliphatic heterocycles. The summed E-state index contributed by atoms with van der Waals surface area (Å²) in [5.41, 5.74) is 2.99. The zero-order chi connectivity index (χ0) is 23.0. The van der Waals surface area contributed by atoms with Crippen LogP contribution in [0.15, 0.2) is 53.7 Å². The Bertz CT molecular complexity index is 1060. The number of para-hydroxylation sites is 1. The minimum absolute atomic E-state index is 0.0810. The number of nitrogens with zero attached hydrogens (tertiary/aromatic N) is 4. The fourth-order valence-electron chi connectivity index (χ4n) is 3.62. The summed E-state index contributed by atoms with van der Waals surface area (Å²) in [6, 6.07) is 15.8. The van der Waals surface area contributed by atoms with E-state index in [4.69, 9.17) is 9.47 Å². The van der Waals surface area contributed by atoms with Crippen molar-refractivity contribution in [3.8, 4) is 5.75 Å². The van der Waals surface area contributed by atoms with E-state index in [1.807, 2.05) is 66.9 Å². The molecule has 1 amide bonds. The van der Waals surface area contributed by atoms with Crippen LogP contribution in [0, 0.1) is 6.92 Å². The molecule has 0 atom stereocenters. The van der Waals surface area contributed by atoms with E-state index in [-0.39, 0.29) is 11.7 Å². The number of nitrogens with one attached hydrogen (secondary N) is 1. The molecule has 2 aromatic carbocycles. The van der Waals surface area contributed by atoms with Gasteiger partial charge in [-0.3, -0.25) is 4.79 Å². The van der Waals surface area contributed by atoms with Gasteiger partial charge in [0.15, 0.2) is 11.0 Å². The molecule has 3 aromatic rings. The Morgan fingerprint density at radius 1 is 1.12 bits per heavy atom. The normalized spacial score (nSPS) is 13.7. The number of aromatic nitrogens is 3. The molecule has 1 saturated heterocycles. The highest BCUT2D eigenvalue weighted by Gasteiger charge is 2.15. The second kappa shape index (κ2) is 11.2. The van der Waals surface area contributed by atoms with Crippen LogP contribution in [-0.4, -0.2) is 52.7 Å². The number of thioether (sulfide) groups is 1. The first-order valence-electron chi connectivity index (χ1n) is 11.1. The van der Waals surface area contributed by atoms with Gasteiger partial charge in [-0.25, -0.2) is 0 Å². The first-order chi connectivity index (χ1) is 16.1. The van der Waals surface area contributed by atoms with Crippen molar-refractivity contribution in [3.05, 3.63) is 59.9 Å². The molecule has 0 bridgehead atoms. The molecule has 0 aliphatic carbocycles. The minimum Gasteiger partial charge on any atom is -0.485 e. The lowest BCUT2D eigenvalue weighted by molar-refractivity contribution is -0.113. The van der Waals surface area contributed by atoms with E-state index in [0.717, 1.165) is 54.8 Å². The monoisotopic (exact) mass is 467 g/mol. The molecule has 2 heterocycles. The number of benzene rings is 2. The van der Waals surface area contributed by atoms with Crippen LogP contribution >= 0.6 is 11.8 Å². The van der Waals surface area contributed by atoms with Gasteiger partial charge in [-0.1, -0.05) is 30.0 Å². The average Bonchev–Trinajstić information content (AvgIpc) is 3.25. The van der Waals surface area contributed by atoms with Gasteiger partial charge in [0.05, 0.1) is 19.0 Å². The third-order valence-corrected chi connectivity index (χ3v) is 6.39. The smallest absolute Gasteiger partial charge is 0.234 e. The van der Waals surface area contributed by atoms with Crippen molar-refractivity contribution >= 4 is 29.0 Å². The predicted octanol–water partition coefficient (Wildman–Crippen LogP) is 3.75. The van der Waals surface area contributed by atoms with Crippen LogP contribution in [0.25, 0.3) is 0 Å². The SMILES string of the molecule is CCn1c(COc2ccccc2C)nnc1SCC(=O)Nc1ccc(N2CCOCC2)cc1. The van der Waals surface area contributed by atoms with Crippen LogP contribution in [-0.2, 0) is 22.7 Å². The van der Waals surface area contributed by atoms with Crippen LogP contribution in [0.1, 0.15) is 18.3 Å². The van der Waals surface area contributed by atoms with E-state index in [2.05, 4.69) is 20.4 Å². The molecular weight excluding hydrogens is 438 g/mol. The van der Waals surface area contributed by atoms with Crippen molar-refractivity contribution in [2.45, 2.75) is 32.2 Å². The molecule has 33 heavy (non-hydrogen) atoms. The Balaban J connectivity index is 1.29. The van der Waals surface area contributed by atoms with Crippen LogP contribution in [0.2, 0.25) is 0 Å². The molecule has 0 saturated carbocycles. The lowest BCUT2D eigenvalue weighted by Crippen LogP contribution is -2.36. The van der Waals surface area contributed by atoms with Gasteiger partial charge in [0.2, 0.25) is 5.91 Å². The Kier molecular flexibility index (Phi) is 7.85. The van der Waals surface area contributed by atoms with Gasteiger partial charge in [-0.2, -0.15) is 0 Å². The molecular formula is C24H29N5O3S. The van der Waals surface area contributed by atoms with Gasteiger partial charge < -0.3 is 24.3 Å². The molecule has 174 valence electrons. The Labute approximate surface area is 198 Å². The van der Waals surface area contributed by atoms with Crippen molar-refractivity contribution in [2.75, 3.05) is 42.3 Å². The summed E-state index contributed by atoms with van der Waals surface area (Å²) < 4.78 is 13.3. The van der Waals surface area contributed by atoms with E-state index in [0.29, 0.717) is 18.3 Å². The lowest BCUT2D eigenvalue weighted by Gasteiger charge is -2.28. The van der Waals surface area contributed by atoms with Crippen molar-refractivity contribution in [2.24, 2.45) is 0 Å². The van der Waals surface area contributed by atoms with Gasteiger partial charge in [-0.15, -0.1) is 10.2 Å². The summed E-state index contributed by atoms with van der Waals surface area (Å²) >= 11 is 1.37. The average molecular weight is 468 g/mol. The summed E-state index contributed by atoms with van der Waals surface area (Å²) in [5.74, 6) is 1.74. The van der Waals surface area contributed by atoms with Crippen LogP contribution in [0.5, 0.6) is 5.75 Å². The number of carbonyl (C=O) groups excluding carboxylic acids is 1. The maximum absolute atomic E-state index is 12.5. The second-order valence-corrected chi connectivity index (χ2v) is 8.62. The summed E-state index contributed by atoms with van der Waals surface area (Å²) in [7, 11) is 0. The van der Waals surface area contributed by atoms with Gasteiger partial charge in [0.1, 0.15) is 12.4 Å². The predicted molar refractivity (Wildman–Crippen MR) is 130 cm³/mol. The third kappa shape index (κ3) is 6.06. The Morgan fingerprint density at radius 2 is 1.88 bits per heavy atom. The van der Waals surface area contributed by atoms with Crippen molar-refractivity contribution in [1.82, 2.24) is 14.8 Å². The maximum Gasteiger partial charge on any atom is 0.234 e. The van der Waals surface area contributed by atoms with E-state index in [9.17, 15) is 4.79 Å². The molecule has 1 aliphatic rings. The van der Waals surface area contributed by atoms with E-state index in [1.165, 1.54) is 11.8 Å². The molecule has 0 spiro atoms. The van der Waals surface area contributed by atoms with Gasteiger partial charge in [-0.05, 0) is 49.7 Å². The molecule has 0 unspecified atom stereocenters. The third-order valence-electron chi connectivity index (χ3n) is 5.42. The maximum atomic E-state index is 12.5. The van der Waals surface area contributed by atoms with Crippen LogP contribution in [0.3, 0.4) is 0 Å². The highest BCUT2D eigenvalue weighted by molar-refractivity contribution is 7.99. The summed E-state index contributed by atoms with van der Waals surface area (Å²) in [4.78, 5) is 14.8. The van der Waals surface area contributed by atoms with Crippen LogP contribution in [0.4, 0.5) is 11.4 Å². The second-order valence-electron chi connectivity index (χ2n) is 7.68. The minimum atomic E-state index is -0.0810. The number of rotatable bonds is 9. The quantitative estimate of drug-likeness (QED) is 0.480. The molecule has 1 aromatic heterocycles. The number of anilines is 2. The standard InChI is InChI=1S/C24H29N5O3S/c1-3-29-22(16-32-21-7-5-4-6-18(21)2)26-27-24(29)33-17-23(30)25-19-8-10-20(11-9-19)28-12-14-31-15-13-28/h4-11H,3,12-17H2,1-2H3,(H,25,30). The first-order valence-corrected chi connectivity index (χ1v) is 12.1. The Hall–Kier alpha value is -3.04. The zero-order valence-corrected chi connectivity index (χ0v) is 19.8. The molecule has 1 fully saturated rings. The summed E-state index contributed by atoms with van der Waals surface area (Å²) in [5, 5.41) is 12.2. The molecule has 9 heteroatoms. The van der Waals surface area contributed by atoms with E-state index in [1.54, 1.807) is 0 Å². The van der Waals surface area contributed by atoms with Crippen molar-refractivity contribution in [3.63, 3.8) is 0 Å². The zero-order valence-electron chi connectivity index (χ0n) is 19.0. The number of aryl methyl sites for hydroxylation is 1. The number of hydrogen-bond acceptors (Lipinski definition) is 7. The lowest BCUT2D eigenvalue weighted by atomic mass is 10.2. The summed E-state index contributed by atoms with van der Waals surface area (Å²) in [6.07, 6.45) is 0. The summed E-state index contributed by atoms with van der Waals surface area (Å²) in [6.45, 7) is 8.34. The Morgan fingerprint density at radius 3 is 2.61 bits per heavy atom. The van der Waals surface area contributed by atoms with Gasteiger partial charge in [0, 0.05) is 31.0 Å². The van der Waals surface area contributed by atoms with Gasteiger partial charge >= 0.3 is 0 Å². The number of amides is 1. The number of morpholine rings is 1. The number of carbonyl (C=O) groups is 1. The topological polar surface area (TPSA) is 81.5 Å². The highest BCUT2D eigenvalue weighted by atomic mass is 32.2. The molecule has 4 rings (SSSR count). The highest BCUT2D eigenvalue weighted by Crippen LogP contribution is 2.22. The van der Waals surface area contributed by atoms with Crippen LogP contribution < -0.4 is 15.0 Å². The number of ether oxygens (including phenoxy) is 2. The van der Waals surface area contributed by atoms with E-state index >= 15 is 0 Å². The fraction of sp³-hybridized carbons (Fsp3) is 0.375. The van der Waals surface area contributed by atoms with Crippen molar-refractivity contribution in [1.29, 1.82) is 0 Å². The first kappa shape index (κ1) is 23.1. The largest absolute Gasteiger partial charge is 0.485 e.